The molecule has 0 spiro atoms. The van der Waals surface area contributed by atoms with E-state index >= 15 is 0 Å². The highest BCUT2D eigenvalue weighted by Crippen LogP contribution is 2.32. The monoisotopic (exact) mass is 416 g/mol. The first-order valence-electron chi connectivity index (χ1n) is 9.72. The highest BCUT2D eigenvalue weighted by atomic mass is 32.2. The Balaban J connectivity index is 1.27. The summed E-state index contributed by atoms with van der Waals surface area (Å²) < 4.78 is 38.8. The Morgan fingerprint density at radius 2 is 1.93 bits per heavy atom. The maximum atomic E-state index is 12.9. The predicted octanol–water partition coefficient (Wildman–Crippen LogP) is 6.21. The van der Waals surface area contributed by atoms with Gasteiger partial charge in [0.1, 0.15) is 0 Å². The van der Waals surface area contributed by atoms with Gasteiger partial charge >= 0.3 is 6.18 Å². The molecule has 0 amide bonds. The average Bonchev–Trinajstić information content (AvgIpc) is 3.14. The van der Waals surface area contributed by atoms with E-state index in [1.807, 2.05) is 17.8 Å². The molecule has 3 aromatic rings. The zero-order chi connectivity index (χ0) is 20.3. The van der Waals surface area contributed by atoms with Crippen molar-refractivity contribution in [3.05, 3.63) is 77.5 Å². The van der Waals surface area contributed by atoms with Gasteiger partial charge in [-0.2, -0.15) is 24.9 Å². The Bertz CT molecular complexity index is 1010. The van der Waals surface area contributed by atoms with E-state index in [0.717, 1.165) is 49.2 Å². The standard InChI is InChI=1S/C23H23F3N2S/c24-23(25,26)20-5-3-4-18(14-20)17-8-10-28(11-9-17)12-13-29-16-19-15-27-22-7-2-1-6-21(19)22/h1-8,14-15,27H,9-13,16H2. The molecule has 0 bridgehead atoms. The zero-order valence-corrected chi connectivity index (χ0v) is 16.8. The number of hydrogen-bond donors (Lipinski definition) is 1. The van der Waals surface area contributed by atoms with Gasteiger partial charge in [0, 0.05) is 48.2 Å². The van der Waals surface area contributed by atoms with Crippen molar-refractivity contribution in [2.45, 2.75) is 18.3 Å². The van der Waals surface area contributed by atoms with Crippen molar-refractivity contribution in [3.63, 3.8) is 0 Å². The fourth-order valence-electron chi connectivity index (χ4n) is 3.70. The minimum absolute atomic E-state index is 0.577. The lowest BCUT2D eigenvalue weighted by atomic mass is 9.97. The molecule has 0 atom stereocenters. The Morgan fingerprint density at radius 3 is 2.72 bits per heavy atom. The molecule has 1 aliphatic heterocycles. The SMILES string of the molecule is FC(F)(F)c1cccc(C2=CCN(CCSCc3c[nH]c4ccccc34)CC2)c1. The van der Waals surface area contributed by atoms with Gasteiger partial charge in [0.15, 0.2) is 0 Å². The summed E-state index contributed by atoms with van der Waals surface area (Å²) in [7, 11) is 0. The third kappa shape index (κ3) is 4.87. The van der Waals surface area contributed by atoms with Crippen molar-refractivity contribution in [3.8, 4) is 0 Å². The number of fused-ring (bicyclic) bond motifs is 1. The predicted molar refractivity (Wildman–Crippen MR) is 115 cm³/mol. The van der Waals surface area contributed by atoms with Gasteiger partial charge in [-0.05, 0) is 41.3 Å². The van der Waals surface area contributed by atoms with E-state index in [9.17, 15) is 13.2 Å². The lowest BCUT2D eigenvalue weighted by Gasteiger charge is -2.26. The maximum Gasteiger partial charge on any atom is 0.416 e. The number of alkyl halides is 3. The molecule has 2 aromatic carbocycles. The molecule has 1 aliphatic rings. The number of benzene rings is 2. The number of aromatic amines is 1. The summed E-state index contributed by atoms with van der Waals surface area (Å²) in [5.41, 5.74) is 3.63. The molecule has 1 aromatic heterocycles. The van der Waals surface area contributed by atoms with Crippen LogP contribution < -0.4 is 0 Å². The van der Waals surface area contributed by atoms with E-state index in [-0.39, 0.29) is 0 Å². The summed E-state index contributed by atoms with van der Waals surface area (Å²) in [5, 5.41) is 1.28. The van der Waals surface area contributed by atoms with Gasteiger partial charge in [-0.1, -0.05) is 36.4 Å². The van der Waals surface area contributed by atoms with E-state index in [0.29, 0.717) is 5.56 Å². The highest BCUT2D eigenvalue weighted by molar-refractivity contribution is 7.98. The van der Waals surface area contributed by atoms with Crippen LogP contribution in [0.25, 0.3) is 16.5 Å². The molecular weight excluding hydrogens is 393 g/mol. The Morgan fingerprint density at radius 1 is 1.07 bits per heavy atom. The number of nitrogens with one attached hydrogen (secondary N) is 1. The topological polar surface area (TPSA) is 19.0 Å². The summed E-state index contributed by atoms with van der Waals surface area (Å²) in [4.78, 5) is 5.67. The number of rotatable bonds is 6. The number of para-hydroxylation sites is 1. The lowest BCUT2D eigenvalue weighted by molar-refractivity contribution is -0.137. The van der Waals surface area contributed by atoms with E-state index in [1.54, 1.807) is 6.07 Å². The van der Waals surface area contributed by atoms with Crippen LogP contribution in [-0.4, -0.2) is 35.3 Å². The first kappa shape index (κ1) is 20.1. The summed E-state index contributed by atoms with van der Waals surface area (Å²) in [6, 6.07) is 14.0. The highest BCUT2D eigenvalue weighted by Gasteiger charge is 2.30. The van der Waals surface area contributed by atoms with Gasteiger partial charge in [-0.3, -0.25) is 4.90 Å². The van der Waals surface area contributed by atoms with Gasteiger partial charge < -0.3 is 4.98 Å². The van der Waals surface area contributed by atoms with E-state index in [1.165, 1.54) is 28.6 Å². The number of aromatic nitrogens is 1. The zero-order valence-electron chi connectivity index (χ0n) is 16.0. The smallest absolute Gasteiger partial charge is 0.361 e. The molecule has 2 nitrogen and oxygen atoms in total. The summed E-state index contributed by atoms with van der Waals surface area (Å²) in [5.74, 6) is 2.01. The Kier molecular flexibility index (Phi) is 6.01. The van der Waals surface area contributed by atoms with Crippen LogP contribution in [0.5, 0.6) is 0 Å². The van der Waals surface area contributed by atoms with Gasteiger partial charge in [0.2, 0.25) is 0 Å². The molecule has 0 fully saturated rings. The number of H-pyrrole nitrogens is 1. The molecule has 0 saturated carbocycles. The number of nitrogens with zero attached hydrogens (tertiary/aromatic N) is 1. The van der Waals surface area contributed by atoms with Crippen molar-refractivity contribution in [1.82, 2.24) is 9.88 Å². The first-order valence-corrected chi connectivity index (χ1v) is 10.9. The number of thioether (sulfide) groups is 1. The summed E-state index contributed by atoms with van der Waals surface area (Å²) in [6.45, 7) is 2.66. The number of hydrogen-bond acceptors (Lipinski definition) is 2. The average molecular weight is 417 g/mol. The fourth-order valence-corrected chi connectivity index (χ4v) is 4.69. The van der Waals surface area contributed by atoms with Crippen LogP contribution in [0.15, 0.2) is 60.8 Å². The van der Waals surface area contributed by atoms with Crippen LogP contribution in [-0.2, 0) is 11.9 Å². The van der Waals surface area contributed by atoms with Crippen molar-refractivity contribution >= 4 is 28.2 Å². The molecule has 0 radical (unpaired) electrons. The van der Waals surface area contributed by atoms with Gasteiger partial charge in [-0.15, -0.1) is 0 Å². The molecule has 1 N–H and O–H groups in total. The van der Waals surface area contributed by atoms with Crippen LogP contribution in [0.4, 0.5) is 13.2 Å². The quantitative estimate of drug-likeness (QED) is 0.482. The minimum atomic E-state index is -4.29. The second kappa shape index (κ2) is 8.67. The largest absolute Gasteiger partial charge is 0.416 e. The Labute approximate surface area is 172 Å². The molecule has 29 heavy (non-hydrogen) atoms. The van der Waals surface area contributed by atoms with Crippen LogP contribution in [0.2, 0.25) is 0 Å². The van der Waals surface area contributed by atoms with Crippen LogP contribution in [0, 0.1) is 0 Å². The molecular formula is C23H23F3N2S. The van der Waals surface area contributed by atoms with Crippen molar-refractivity contribution in [2.24, 2.45) is 0 Å². The second-order valence-corrected chi connectivity index (χ2v) is 8.38. The minimum Gasteiger partial charge on any atom is -0.361 e. The van der Waals surface area contributed by atoms with Gasteiger partial charge in [-0.25, -0.2) is 0 Å². The summed E-state index contributed by atoms with van der Waals surface area (Å²) in [6.07, 6.45) is 0.652. The maximum absolute atomic E-state index is 12.9. The van der Waals surface area contributed by atoms with Gasteiger partial charge in [0.25, 0.3) is 0 Å². The Hall–Kier alpha value is -2.18. The molecule has 152 valence electrons. The van der Waals surface area contributed by atoms with Crippen LogP contribution in [0.1, 0.15) is 23.1 Å². The van der Waals surface area contributed by atoms with Crippen molar-refractivity contribution < 1.29 is 13.2 Å². The van der Waals surface area contributed by atoms with Crippen molar-refractivity contribution in [2.75, 3.05) is 25.4 Å². The van der Waals surface area contributed by atoms with E-state index < -0.39 is 11.7 Å². The lowest BCUT2D eigenvalue weighted by Crippen LogP contribution is -2.30. The third-order valence-electron chi connectivity index (χ3n) is 5.34. The first-order chi connectivity index (χ1) is 14.0. The van der Waals surface area contributed by atoms with Crippen molar-refractivity contribution in [1.29, 1.82) is 0 Å². The van der Waals surface area contributed by atoms with Gasteiger partial charge in [0.05, 0.1) is 5.56 Å². The fraction of sp³-hybridized carbons (Fsp3) is 0.304. The van der Waals surface area contributed by atoms with Crippen LogP contribution in [0.3, 0.4) is 0 Å². The molecule has 0 aliphatic carbocycles. The molecule has 0 saturated heterocycles. The second-order valence-electron chi connectivity index (χ2n) is 7.27. The molecule has 0 unspecified atom stereocenters. The summed E-state index contributed by atoms with van der Waals surface area (Å²) >= 11 is 1.91. The van der Waals surface area contributed by atoms with E-state index in [2.05, 4.69) is 40.4 Å². The molecule has 6 heteroatoms. The van der Waals surface area contributed by atoms with E-state index in [4.69, 9.17) is 0 Å². The normalized spacial score (nSPS) is 15.6. The number of halogens is 3. The molecule has 4 rings (SSSR count). The third-order valence-corrected chi connectivity index (χ3v) is 6.32. The molecule has 2 heterocycles. The van der Waals surface area contributed by atoms with Crippen LogP contribution >= 0.6 is 11.8 Å².